The summed E-state index contributed by atoms with van der Waals surface area (Å²) >= 11 is 0. The zero-order valence-electron chi connectivity index (χ0n) is 8.94. The van der Waals surface area contributed by atoms with Gasteiger partial charge in [-0.25, -0.2) is 0 Å². The summed E-state index contributed by atoms with van der Waals surface area (Å²) in [6.45, 7) is 3.57. The average Bonchev–Trinajstić information content (AvgIpc) is 2.68. The van der Waals surface area contributed by atoms with E-state index in [2.05, 4.69) is 43.0 Å². The molecule has 0 unspecified atom stereocenters. The molecule has 0 atom stereocenters. The maximum absolute atomic E-state index is 5.31. The molecule has 1 nitrogen and oxygen atoms in total. The van der Waals surface area contributed by atoms with Crippen molar-refractivity contribution in [1.82, 2.24) is 0 Å². The van der Waals surface area contributed by atoms with Gasteiger partial charge in [-0.15, -0.1) is 0 Å². The van der Waals surface area contributed by atoms with Crippen LogP contribution in [0.5, 0.6) is 5.75 Å². The van der Waals surface area contributed by atoms with Crippen molar-refractivity contribution in [2.24, 2.45) is 0 Å². The molecule has 0 spiro atoms. The first-order chi connectivity index (χ1) is 7.88. The van der Waals surface area contributed by atoms with Gasteiger partial charge in [-0.1, -0.05) is 36.9 Å². The van der Waals surface area contributed by atoms with Crippen LogP contribution >= 0.6 is 0 Å². The quantitative estimate of drug-likeness (QED) is 0.582. The highest BCUT2D eigenvalue weighted by atomic mass is 16.5. The number of benzene rings is 2. The van der Waals surface area contributed by atoms with E-state index in [-0.39, 0.29) is 0 Å². The fraction of sp³-hybridized carbons (Fsp3) is 0.0667. The van der Waals surface area contributed by atoms with Crippen LogP contribution in [-0.4, -0.2) is 0 Å². The molecule has 0 saturated heterocycles. The van der Waals surface area contributed by atoms with Crippen molar-refractivity contribution in [3.05, 3.63) is 66.4 Å². The molecule has 78 valence electrons. The minimum atomic E-state index is 0.852. The van der Waals surface area contributed by atoms with Crippen LogP contribution in [0.4, 0.5) is 0 Å². The van der Waals surface area contributed by atoms with Crippen molar-refractivity contribution in [2.75, 3.05) is 0 Å². The SMILES string of the molecule is C=COc1ccc2c(c1)-c1ccccc1C2. The van der Waals surface area contributed by atoms with Gasteiger partial charge in [0, 0.05) is 0 Å². The van der Waals surface area contributed by atoms with Crippen molar-refractivity contribution < 1.29 is 4.74 Å². The van der Waals surface area contributed by atoms with Gasteiger partial charge >= 0.3 is 0 Å². The second-order valence-electron chi connectivity index (χ2n) is 3.94. The Morgan fingerprint density at radius 2 is 1.81 bits per heavy atom. The Morgan fingerprint density at radius 3 is 2.69 bits per heavy atom. The molecule has 0 bridgehead atoms. The lowest BCUT2D eigenvalue weighted by Gasteiger charge is -2.04. The van der Waals surface area contributed by atoms with E-state index in [9.17, 15) is 0 Å². The van der Waals surface area contributed by atoms with Crippen LogP contribution in [0.2, 0.25) is 0 Å². The van der Waals surface area contributed by atoms with Crippen LogP contribution in [0.25, 0.3) is 11.1 Å². The molecule has 1 heteroatoms. The zero-order chi connectivity index (χ0) is 11.0. The van der Waals surface area contributed by atoms with Crippen molar-refractivity contribution in [3.8, 4) is 16.9 Å². The lowest BCUT2D eigenvalue weighted by molar-refractivity contribution is 0.483. The van der Waals surface area contributed by atoms with Crippen LogP contribution < -0.4 is 4.74 Å². The van der Waals surface area contributed by atoms with Gasteiger partial charge in [0.1, 0.15) is 5.75 Å². The van der Waals surface area contributed by atoms with Gasteiger partial charge in [0.2, 0.25) is 0 Å². The summed E-state index contributed by atoms with van der Waals surface area (Å²) in [7, 11) is 0. The first-order valence-electron chi connectivity index (χ1n) is 5.37. The topological polar surface area (TPSA) is 9.23 Å². The first kappa shape index (κ1) is 9.22. The van der Waals surface area contributed by atoms with Gasteiger partial charge in [-0.05, 0) is 40.8 Å². The Bertz CT molecular complexity index is 555. The van der Waals surface area contributed by atoms with Gasteiger partial charge in [0.05, 0.1) is 6.26 Å². The molecular formula is C15H12O. The van der Waals surface area contributed by atoms with E-state index in [4.69, 9.17) is 4.74 Å². The monoisotopic (exact) mass is 208 g/mol. The van der Waals surface area contributed by atoms with Crippen LogP contribution in [0, 0.1) is 0 Å². The summed E-state index contributed by atoms with van der Waals surface area (Å²) in [5.41, 5.74) is 5.38. The molecule has 3 rings (SSSR count). The van der Waals surface area contributed by atoms with Crippen molar-refractivity contribution in [2.45, 2.75) is 6.42 Å². The van der Waals surface area contributed by atoms with Crippen LogP contribution in [0.3, 0.4) is 0 Å². The maximum Gasteiger partial charge on any atom is 0.127 e. The molecule has 0 aromatic heterocycles. The molecule has 0 heterocycles. The van der Waals surface area contributed by atoms with E-state index < -0.39 is 0 Å². The molecule has 0 amide bonds. The number of ether oxygens (including phenoxy) is 1. The molecule has 2 aromatic rings. The van der Waals surface area contributed by atoms with E-state index in [0.29, 0.717) is 0 Å². The van der Waals surface area contributed by atoms with Gasteiger partial charge in [0.25, 0.3) is 0 Å². The van der Waals surface area contributed by atoms with Crippen molar-refractivity contribution in [3.63, 3.8) is 0 Å². The van der Waals surface area contributed by atoms with Gasteiger partial charge in [0.15, 0.2) is 0 Å². The molecule has 0 fully saturated rings. The Labute approximate surface area is 95.0 Å². The Balaban J connectivity index is 2.14. The summed E-state index contributed by atoms with van der Waals surface area (Å²) in [6, 6.07) is 14.7. The Morgan fingerprint density at radius 1 is 1.00 bits per heavy atom. The predicted octanol–water partition coefficient (Wildman–Crippen LogP) is 3.78. The van der Waals surface area contributed by atoms with E-state index in [1.165, 1.54) is 28.5 Å². The highest BCUT2D eigenvalue weighted by molar-refractivity contribution is 5.77. The largest absolute Gasteiger partial charge is 0.466 e. The summed E-state index contributed by atoms with van der Waals surface area (Å²) in [6.07, 6.45) is 2.49. The molecule has 0 aliphatic heterocycles. The molecule has 1 aliphatic carbocycles. The van der Waals surface area contributed by atoms with Crippen LogP contribution in [0.1, 0.15) is 11.1 Å². The molecule has 0 saturated carbocycles. The van der Waals surface area contributed by atoms with E-state index >= 15 is 0 Å². The van der Waals surface area contributed by atoms with Crippen LogP contribution in [-0.2, 0) is 6.42 Å². The number of rotatable bonds is 2. The molecule has 2 aromatic carbocycles. The normalized spacial score (nSPS) is 11.8. The minimum Gasteiger partial charge on any atom is -0.466 e. The lowest BCUT2D eigenvalue weighted by Crippen LogP contribution is -1.83. The van der Waals surface area contributed by atoms with E-state index in [0.717, 1.165) is 12.2 Å². The molecule has 0 N–H and O–H groups in total. The van der Waals surface area contributed by atoms with Gasteiger partial charge in [-0.3, -0.25) is 0 Å². The molecule has 1 aliphatic rings. The summed E-state index contributed by atoms with van der Waals surface area (Å²) in [4.78, 5) is 0. The van der Waals surface area contributed by atoms with Crippen molar-refractivity contribution in [1.29, 1.82) is 0 Å². The summed E-state index contributed by atoms with van der Waals surface area (Å²) in [5.74, 6) is 0.852. The molecule has 16 heavy (non-hydrogen) atoms. The standard InChI is InChI=1S/C15H12O/c1-2-16-13-8-7-12-9-11-5-3-4-6-14(11)15(12)10-13/h2-8,10H,1,9H2. The predicted molar refractivity (Wildman–Crippen MR) is 65.5 cm³/mol. The fourth-order valence-electron chi connectivity index (χ4n) is 2.27. The second-order valence-corrected chi connectivity index (χ2v) is 3.94. The fourth-order valence-corrected chi connectivity index (χ4v) is 2.27. The third-order valence-corrected chi connectivity index (χ3v) is 2.99. The highest BCUT2D eigenvalue weighted by Crippen LogP contribution is 2.38. The van der Waals surface area contributed by atoms with Gasteiger partial charge < -0.3 is 4.74 Å². The molecule has 0 radical (unpaired) electrons. The Hall–Kier alpha value is -2.02. The second kappa shape index (κ2) is 3.53. The third kappa shape index (κ3) is 1.33. The zero-order valence-corrected chi connectivity index (χ0v) is 8.94. The number of fused-ring (bicyclic) bond motifs is 3. The Kier molecular flexibility index (Phi) is 2.03. The average molecular weight is 208 g/mol. The maximum atomic E-state index is 5.31. The summed E-state index contributed by atoms with van der Waals surface area (Å²) in [5, 5.41) is 0. The first-order valence-corrected chi connectivity index (χ1v) is 5.37. The van der Waals surface area contributed by atoms with E-state index in [1.54, 1.807) is 0 Å². The third-order valence-electron chi connectivity index (χ3n) is 2.99. The van der Waals surface area contributed by atoms with E-state index in [1.807, 2.05) is 6.07 Å². The number of hydrogen-bond donors (Lipinski definition) is 0. The molecular weight excluding hydrogens is 196 g/mol. The summed E-state index contributed by atoms with van der Waals surface area (Å²) < 4.78 is 5.31. The highest BCUT2D eigenvalue weighted by Gasteiger charge is 2.17. The minimum absolute atomic E-state index is 0.852. The van der Waals surface area contributed by atoms with Crippen molar-refractivity contribution >= 4 is 0 Å². The number of hydrogen-bond acceptors (Lipinski definition) is 1. The van der Waals surface area contributed by atoms with Crippen LogP contribution in [0.15, 0.2) is 55.3 Å². The lowest BCUT2D eigenvalue weighted by atomic mass is 10.1. The van der Waals surface area contributed by atoms with Gasteiger partial charge in [-0.2, -0.15) is 0 Å². The smallest absolute Gasteiger partial charge is 0.127 e.